The number of hydrogen-bond donors (Lipinski definition) is 1. The molecule has 7 nitrogen and oxygen atoms in total. The molecule has 1 heterocycles. The smallest absolute Gasteiger partial charge is 0.414 e. The van der Waals surface area contributed by atoms with Gasteiger partial charge in [0.2, 0.25) is 0 Å². The first-order valence-electron chi connectivity index (χ1n) is 10.9. The van der Waals surface area contributed by atoms with Gasteiger partial charge in [0.05, 0.1) is 33.0 Å². The van der Waals surface area contributed by atoms with Crippen molar-refractivity contribution in [2.75, 3.05) is 33.5 Å². The van der Waals surface area contributed by atoms with Gasteiger partial charge < -0.3 is 24.1 Å². The Bertz CT molecular complexity index is 942. The van der Waals surface area contributed by atoms with Crippen LogP contribution >= 0.6 is 0 Å². The standard InChI is InChI=1S/C25H31NO6/c1-4-30-20-9-6-8-18(14-20)15-22-21-17-23(29-3)24(32-13-7-12-27)16-19(21)10-11-26(22)25(28)31-5-2/h6,8-11,14,16-17,22,27H,4-5,7,12-13,15H2,1-3H3. The molecule has 3 rings (SSSR count). The highest BCUT2D eigenvalue weighted by molar-refractivity contribution is 5.74. The first kappa shape index (κ1) is 23.5. The second kappa shape index (κ2) is 11.4. The zero-order valence-electron chi connectivity index (χ0n) is 18.9. The van der Waals surface area contributed by atoms with Crippen molar-refractivity contribution < 1.29 is 28.8 Å². The zero-order valence-corrected chi connectivity index (χ0v) is 18.9. The van der Waals surface area contributed by atoms with Gasteiger partial charge in [-0.3, -0.25) is 4.90 Å². The summed E-state index contributed by atoms with van der Waals surface area (Å²) in [5, 5.41) is 9.04. The van der Waals surface area contributed by atoms with Gasteiger partial charge in [0.25, 0.3) is 0 Å². The number of aliphatic hydroxyl groups is 1. The first-order valence-corrected chi connectivity index (χ1v) is 10.9. The summed E-state index contributed by atoms with van der Waals surface area (Å²) in [6.45, 7) is 5.07. The molecule has 1 aliphatic rings. The minimum atomic E-state index is -0.400. The summed E-state index contributed by atoms with van der Waals surface area (Å²) in [5.74, 6) is 1.98. The van der Waals surface area contributed by atoms with Gasteiger partial charge in [-0.15, -0.1) is 0 Å². The Balaban J connectivity index is 1.98. The average Bonchev–Trinajstić information content (AvgIpc) is 2.79. The predicted octanol–water partition coefficient (Wildman–Crippen LogP) is 4.58. The normalized spacial score (nSPS) is 14.6. The van der Waals surface area contributed by atoms with E-state index in [4.69, 9.17) is 24.1 Å². The maximum atomic E-state index is 12.7. The van der Waals surface area contributed by atoms with E-state index in [1.54, 1.807) is 25.1 Å². The summed E-state index contributed by atoms with van der Waals surface area (Å²) in [6, 6.07) is 11.4. The Labute approximate surface area is 189 Å². The van der Waals surface area contributed by atoms with Gasteiger partial charge in [-0.25, -0.2) is 4.79 Å². The fourth-order valence-electron chi connectivity index (χ4n) is 3.70. The van der Waals surface area contributed by atoms with Crippen LogP contribution in [-0.2, 0) is 11.2 Å². The van der Waals surface area contributed by atoms with Gasteiger partial charge in [-0.2, -0.15) is 0 Å². The number of carbonyl (C=O) groups is 1. The summed E-state index contributed by atoms with van der Waals surface area (Å²) >= 11 is 0. The number of hydrogen-bond acceptors (Lipinski definition) is 6. The summed E-state index contributed by atoms with van der Waals surface area (Å²) in [4.78, 5) is 14.3. The Morgan fingerprint density at radius 2 is 1.94 bits per heavy atom. The second-order valence-electron chi connectivity index (χ2n) is 7.28. The Morgan fingerprint density at radius 1 is 1.09 bits per heavy atom. The van der Waals surface area contributed by atoms with Gasteiger partial charge in [0, 0.05) is 19.2 Å². The lowest BCUT2D eigenvalue weighted by Gasteiger charge is -2.33. The van der Waals surface area contributed by atoms with E-state index in [-0.39, 0.29) is 12.6 Å². The topological polar surface area (TPSA) is 77.5 Å². The predicted molar refractivity (Wildman–Crippen MR) is 122 cm³/mol. The van der Waals surface area contributed by atoms with Crippen molar-refractivity contribution >= 4 is 12.2 Å². The maximum Gasteiger partial charge on any atom is 0.414 e. The van der Waals surface area contributed by atoms with Gasteiger partial charge >= 0.3 is 6.09 Å². The van der Waals surface area contributed by atoms with E-state index >= 15 is 0 Å². The molecule has 0 aromatic heterocycles. The number of carbonyl (C=O) groups excluding carboxylic acids is 1. The van der Waals surface area contributed by atoms with Crippen LogP contribution in [-0.4, -0.2) is 49.6 Å². The molecule has 1 N–H and O–H groups in total. The van der Waals surface area contributed by atoms with E-state index in [1.807, 2.05) is 49.4 Å². The lowest BCUT2D eigenvalue weighted by molar-refractivity contribution is 0.109. The number of fused-ring (bicyclic) bond motifs is 1. The van der Waals surface area contributed by atoms with Crippen molar-refractivity contribution in [2.24, 2.45) is 0 Å². The van der Waals surface area contributed by atoms with E-state index in [2.05, 4.69) is 0 Å². The fraction of sp³-hybridized carbons (Fsp3) is 0.400. The van der Waals surface area contributed by atoms with E-state index in [0.29, 0.717) is 44.2 Å². The van der Waals surface area contributed by atoms with E-state index in [0.717, 1.165) is 22.4 Å². The third-order valence-corrected chi connectivity index (χ3v) is 5.16. The molecule has 1 aliphatic heterocycles. The molecule has 0 radical (unpaired) electrons. The molecule has 0 bridgehead atoms. The van der Waals surface area contributed by atoms with Crippen LogP contribution in [0.2, 0.25) is 0 Å². The molecule has 0 fully saturated rings. The summed E-state index contributed by atoms with van der Waals surface area (Å²) in [6.07, 6.45) is 4.33. The van der Waals surface area contributed by atoms with Crippen molar-refractivity contribution in [1.29, 1.82) is 0 Å². The minimum Gasteiger partial charge on any atom is -0.494 e. The number of rotatable bonds is 10. The van der Waals surface area contributed by atoms with Crippen LogP contribution in [0, 0.1) is 0 Å². The van der Waals surface area contributed by atoms with Crippen LogP contribution in [0.25, 0.3) is 6.08 Å². The largest absolute Gasteiger partial charge is 0.494 e. The molecular weight excluding hydrogens is 410 g/mol. The fourth-order valence-corrected chi connectivity index (χ4v) is 3.70. The second-order valence-corrected chi connectivity index (χ2v) is 7.28. The highest BCUT2D eigenvalue weighted by Crippen LogP contribution is 2.40. The number of aliphatic hydroxyl groups excluding tert-OH is 1. The third-order valence-electron chi connectivity index (χ3n) is 5.16. The number of amides is 1. The Morgan fingerprint density at radius 3 is 2.66 bits per heavy atom. The van der Waals surface area contributed by atoms with Crippen LogP contribution in [0.5, 0.6) is 17.2 Å². The molecule has 0 spiro atoms. The van der Waals surface area contributed by atoms with Gasteiger partial charge in [0.1, 0.15) is 5.75 Å². The number of nitrogens with zero attached hydrogens (tertiary/aromatic N) is 1. The average molecular weight is 442 g/mol. The van der Waals surface area contributed by atoms with Crippen LogP contribution in [0.15, 0.2) is 42.6 Å². The highest BCUT2D eigenvalue weighted by atomic mass is 16.6. The Hall–Kier alpha value is -3.19. The molecule has 32 heavy (non-hydrogen) atoms. The molecule has 2 aromatic carbocycles. The number of ether oxygens (including phenoxy) is 4. The van der Waals surface area contributed by atoms with Crippen molar-refractivity contribution in [3.63, 3.8) is 0 Å². The van der Waals surface area contributed by atoms with Gasteiger partial charge in [-0.1, -0.05) is 12.1 Å². The summed E-state index contributed by atoms with van der Waals surface area (Å²) in [7, 11) is 1.59. The monoisotopic (exact) mass is 441 g/mol. The van der Waals surface area contributed by atoms with Crippen molar-refractivity contribution in [1.82, 2.24) is 4.90 Å². The minimum absolute atomic E-state index is 0.0601. The van der Waals surface area contributed by atoms with Crippen molar-refractivity contribution in [3.05, 3.63) is 59.3 Å². The number of benzene rings is 2. The van der Waals surface area contributed by atoms with Crippen molar-refractivity contribution in [2.45, 2.75) is 32.7 Å². The SMILES string of the molecule is CCOC(=O)N1C=Cc2cc(OCCCO)c(OC)cc2C1Cc1cccc(OCC)c1. The molecule has 0 saturated heterocycles. The highest BCUT2D eigenvalue weighted by Gasteiger charge is 2.30. The van der Waals surface area contributed by atoms with Crippen molar-refractivity contribution in [3.8, 4) is 17.2 Å². The zero-order chi connectivity index (χ0) is 22.9. The van der Waals surface area contributed by atoms with Crippen LogP contribution < -0.4 is 14.2 Å². The quantitative estimate of drug-likeness (QED) is 0.544. The Kier molecular flexibility index (Phi) is 8.39. The molecule has 0 aliphatic carbocycles. The van der Waals surface area contributed by atoms with E-state index in [1.165, 1.54) is 0 Å². The van der Waals surface area contributed by atoms with E-state index in [9.17, 15) is 4.79 Å². The molecule has 7 heteroatoms. The third kappa shape index (κ3) is 5.53. The van der Waals surface area contributed by atoms with E-state index < -0.39 is 6.09 Å². The molecule has 0 saturated carbocycles. The molecular formula is C25H31NO6. The summed E-state index contributed by atoms with van der Waals surface area (Å²) < 4.78 is 22.3. The lowest BCUT2D eigenvalue weighted by Crippen LogP contribution is -2.34. The molecule has 1 unspecified atom stereocenters. The summed E-state index contributed by atoms with van der Waals surface area (Å²) in [5.41, 5.74) is 2.92. The first-order chi connectivity index (χ1) is 15.6. The maximum absolute atomic E-state index is 12.7. The lowest BCUT2D eigenvalue weighted by atomic mass is 9.91. The molecule has 1 amide bonds. The molecule has 1 atom stereocenters. The molecule has 2 aromatic rings. The van der Waals surface area contributed by atoms with Crippen LogP contribution in [0.4, 0.5) is 4.79 Å². The van der Waals surface area contributed by atoms with Crippen LogP contribution in [0.3, 0.4) is 0 Å². The van der Waals surface area contributed by atoms with Gasteiger partial charge in [-0.05, 0) is 67.3 Å². The van der Waals surface area contributed by atoms with Gasteiger partial charge in [0.15, 0.2) is 11.5 Å². The molecule has 172 valence electrons. The van der Waals surface area contributed by atoms with Crippen LogP contribution in [0.1, 0.15) is 43.0 Å². The number of methoxy groups -OCH3 is 1.